The third-order valence-electron chi connectivity index (χ3n) is 2.86. The van der Waals surface area contributed by atoms with Gasteiger partial charge in [-0.3, -0.25) is 4.79 Å². The maximum atomic E-state index is 12.1. The van der Waals surface area contributed by atoms with Crippen LogP contribution in [0.4, 0.5) is 0 Å². The number of hydrogen-bond donors (Lipinski definition) is 1. The second kappa shape index (κ2) is 5.64. The highest BCUT2D eigenvalue weighted by atomic mass is 16.5. The number of amides is 1. The summed E-state index contributed by atoms with van der Waals surface area (Å²) in [4.78, 5) is 32.0. The van der Waals surface area contributed by atoms with Crippen LogP contribution in [0.5, 0.6) is 0 Å². The lowest BCUT2D eigenvalue weighted by Crippen LogP contribution is -2.39. The average molecular weight is 273 g/mol. The Labute approximate surface area is 116 Å². The van der Waals surface area contributed by atoms with Crippen LogP contribution in [0.3, 0.4) is 0 Å². The topological polar surface area (TPSA) is 81.2 Å². The number of methoxy groups -OCH3 is 1. The first-order valence-corrected chi connectivity index (χ1v) is 6.15. The van der Waals surface area contributed by atoms with Crippen molar-refractivity contribution < 1.29 is 14.3 Å². The fourth-order valence-electron chi connectivity index (χ4n) is 1.80. The summed E-state index contributed by atoms with van der Waals surface area (Å²) >= 11 is 0. The number of ether oxygens (including phenoxy) is 1. The number of aryl methyl sites for hydroxylation is 1. The van der Waals surface area contributed by atoms with Crippen molar-refractivity contribution in [1.29, 1.82) is 0 Å². The molecule has 1 atom stereocenters. The summed E-state index contributed by atoms with van der Waals surface area (Å²) in [6.07, 6.45) is 0. The molecule has 1 aromatic heterocycles. The van der Waals surface area contributed by atoms with Crippen molar-refractivity contribution in [2.45, 2.75) is 19.9 Å². The summed E-state index contributed by atoms with van der Waals surface area (Å²) in [5.74, 6) is -0.955. The molecule has 1 aromatic carbocycles. The number of rotatable bonds is 3. The van der Waals surface area contributed by atoms with E-state index in [0.29, 0.717) is 11.2 Å². The number of hydrogen-bond acceptors (Lipinski definition) is 5. The van der Waals surface area contributed by atoms with Crippen molar-refractivity contribution in [2.24, 2.45) is 0 Å². The van der Waals surface area contributed by atoms with Crippen LogP contribution < -0.4 is 5.32 Å². The molecule has 6 heteroatoms. The fourth-order valence-corrected chi connectivity index (χ4v) is 1.80. The number of fused-ring (bicyclic) bond motifs is 1. The molecule has 0 radical (unpaired) electrons. The molecule has 1 unspecified atom stereocenters. The Morgan fingerprint density at radius 1 is 1.20 bits per heavy atom. The van der Waals surface area contributed by atoms with Crippen molar-refractivity contribution in [3.8, 4) is 0 Å². The Kier molecular flexibility index (Phi) is 3.93. The van der Waals surface area contributed by atoms with Gasteiger partial charge in [0.2, 0.25) is 0 Å². The molecule has 0 bridgehead atoms. The quantitative estimate of drug-likeness (QED) is 0.851. The lowest BCUT2D eigenvalue weighted by molar-refractivity contribution is -0.142. The van der Waals surface area contributed by atoms with E-state index in [-0.39, 0.29) is 5.69 Å². The Morgan fingerprint density at radius 2 is 1.80 bits per heavy atom. The molecule has 0 aliphatic rings. The largest absolute Gasteiger partial charge is 0.467 e. The van der Waals surface area contributed by atoms with E-state index in [2.05, 4.69) is 20.0 Å². The highest BCUT2D eigenvalue weighted by Crippen LogP contribution is 2.12. The van der Waals surface area contributed by atoms with Gasteiger partial charge < -0.3 is 10.1 Å². The van der Waals surface area contributed by atoms with Gasteiger partial charge in [-0.25, -0.2) is 14.8 Å². The van der Waals surface area contributed by atoms with E-state index in [1.807, 2.05) is 18.2 Å². The van der Waals surface area contributed by atoms with Gasteiger partial charge in [0.15, 0.2) is 0 Å². The number of nitrogens with zero attached hydrogens (tertiary/aromatic N) is 2. The second-order valence-corrected chi connectivity index (χ2v) is 4.36. The van der Waals surface area contributed by atoms with Crippen LogP contribution in [0.2, 0.25) is 0 Å². The summed E-state index contributed by atoms with van der Waals surface area (Å²) in [5, 5.41) is 2.54. The minimum absolute atomic E-state index is 0.208. The number of aromatic nitrogens is 2. The molecule has 0 spiro atoms. The van der Waals surface area contributed by atoms with Crippen molar-refractivity contribution in [3.63, 3.8) is 0 Å². The molecule has 0 saturated carbocycles. The number of carbonyl (C=O) groups is 2. The van der Waals surface area contributed by atoms with Gasteiger partial charge in [0, 0.05) is 0 Å². The summed E-state index contributed by atoms with van der Waals surface area (Å²) in [6.45, 7) is 3.25. The monoisotopic (exact) mass is 273 g/mol. The van der Waals surface area contributed by atoms with Gasteiger partial charge in [-0.05, 0) is 26.0 Å². The van der Waals surface area contributed by atoms with Gasteiger partial charge in [-0.2, -0.15) is 0 Å². The molecule has 20 heavy (non-hydrogen) atoms. The maximum Gasteiger partial charge on any atom is 0.328 e. The third kappa shape index (κ3) is 2.74. The zero-order chi connectivity index (χ0) is 14.7. The van der Waals surface area contributed by atoms with Crippen molar-refractivity contribution >= 4 is 22.9 Å². The number of nitrogens with one attached hydrogen (secondary N) is 1. The SMILES string of the molecule is COC(=O)C(C)NC(=O)c1nc2ccccc2nc1C. The summed E-state index contributed by atoms with van der Waals surface area (Å²) in [6, 6.07) is 6.55. The molecule has 1 heterocycles. The fraction of sp³-hybridized carbons (Fsp3) is 0.286. The van der Waals surface area contributed by atoms with E-state index in [1.54, 1.807) is 19.9 Å². The predicted molar refractivity (Wildman–Crippen MR) is 73.2 cm³/mol. The summed E-state index contributed by atoms with van der Waals surface area (Å²) in [7, 11) is 1.27. The van der Waals surface area contributed by atoms with Crippen molar-refractivity contribution in [3.05, 3.63) is 35.7 Å². The van der Waals surface area contributed by atoms with E-state index in [9.17, 15) is 9.59 Å². The van der Waals surface area contributed by atoms with Crippen LogP contribution in [0.25, 0.3) is 11.0 Å². The van der Waals surface area contributed by atoms with Gasteiger partial charge in [0.05, 0.1) is 23.8 Å². The molecule has 0 aliphatic carbocycles. The average Bonchev–Trinajstić information content (AvgIpc) is 2.45. The first kappa shape index (κ1) is 13.9. The second-order valence-electron chi connectivity index (χ2n) is 4.36. The van der Waals surface area contributed by atoms with Gasteiger partial charge in [-0.15, -0.1) is 0 Å². The van der Waals surface area contributed by atoms with Crippen LogP contribution in [-0.2, 0) is 9.53 Å². The van der Waals surface area contributed by atoms with Gasteiger partial charge in [0.25, 0.3) is 5.91 Å². The standard InChI is InChI=1S/C14H15N3O3/c1-8-12(13(18)16-9(2)14(19)20-3)17-11-7-5-4-6-10(11)15-8/h4-7,9H,1-3H3,(H,16,18). The lowest BCUT2D eigenvalue weighted by Gasteiger charge is -2.12. The van der Waals surface area contributed by atoms with Crippen molar-refractivity contribution in [2.75, 3.05) is 7.11 Å². The van der Waals surface area contributed by atoms with Crippen LogP contribution in [0, 0.1) is 6.92 Å². The lowest BCUT2D eigenvalue weighted by atomic mass is 10.2. The van der Waals surface area contributed by atoms with Crippen LogP contribution in [0.1, 0.15) is 23.1 Å². The Hall–Kier alpha value is -2.50. The van der Waals surface area contributed by atoms with E-state index in [4.69, 9.17) is 0 Å². The molecule has 1 amide bonds. The van der Waals surface area contributed by atoms with E-state index in [0.717, 1.165) is 5.52 Å². The Balaban J connectivity index is 2.30. The molecule has 0 saturated heterocycles. The first-order valence-electron chi connectivity index (χ1n) is 6.15. The Morgan fingerprint density at radius 3 is 2.40 bits per heavy atom. The zero-order valence-corrected chi connectivity index (χ0v) is 11.5. The molecular weight excluding hydrogens is 258 g/mol. The van der Waals surface area contributed by atoms with Gasteiger partial charge in [-0.1, -0.05) is 12.1 Å². The highest BCUT2D eigenvalue weighted by Gasteiger charge is 2.20. The number of benzene rings is 1. The molecule has 104 valence electrons. The molecular formula is C14H15N3O3. The van der Waals surface area contributed by atoms with Crippen LogP contribution >= 0.6 is 0 Å². The van der Waals surface area contributed by atoms with E-state index >= 15 is 0 Å². The smallest absolute Gasteiger partial charge is 0.328 e. The molecule has 6 nitrogen and oxygen atoms in total. The van der Waals surface area contributed by atoms with Gasteiger partial charge >= 0.3 is 5.97 Å². The minimum Gasteiger partial charge on any atom is -0.467 e. The Bertz CT molecular complexity index is 670. The first-order chi connectivity index (χ1) is 9.52. The molecule has 0 aliphatic heterocycles. The summed E-state index contributed by atoms with van der Waals surface area (Å²) < 4.78 is 4.56. The zero-order valence-electron chi connectivity index (χ0n) is 11.5. The minimum atomic E-state index is -0.736. The molecule has 0 fully saturated rings. The van der Waals surface area contributed by atoms with E-state index in [1.165, 1.54) is 7.11 Å². The normalized spacial score (nSPS) is 11.9. The third-order valence-corrected chi connectivity index (χ3v) is 2.86. The van der Waals surface area contributed by atoms with Crippen LogP contribution in [0.15, 0.2) is 24.3 Å². The van der Waals surface area contributed by atoms with Gasteiger partial charge in [0.1, 0.15) is 11.7 Å². The van der Waals surface area contributed by atoms with Crippen LogP contribution in [-0.4, -0.2) is 35.0 Å². The summed E-state index contributed by atoms with van der Waals surface area (Å²) in [5.41, 5.74) is 2.08. The number of carbonyl (C=O) groups excluding carboxylic acids is 2. The molecule has 2 aromatic rings. The predicted octanol–water partition coefficient (Wildman–Crippen LogP) is 1.23. The van der Waals surface area contributed by atoms with Crippen molar-refractivity contribution in [1.82, 2.24) is 15.3 Å². The van der Waals surface area contributed by atoms with E-state index < -0.39 is 17.9 Å². The maximum absolute atomic E-state index is 12.1. The molecule has 1 N–H and O–H groups in total. The highest BCUT2D eigenvalue weighted by molar-refractivity contribution is 5.97. The number of para-hydroxylation sites is 2. The number of esters is 1. The molecule has 2 rings (SSSR count).